The second kappa shape index (κ2) is 4.19. The molecule has 0 radical (unpaired) electrons. The fraction of sp³-hybridized carbons (Fsp3) is 0.400. The Morgan fingerprint density at radius 3 is 2.10 bits per heavy atom. The Morgan fingerprint density at radius 2 is 1.62 bits per heavy atom. The quantitative estimate of drug-likeness (QED) is 0.630. The maximum Gasteiger partial charge on any atom is 0.234 e. The van der Waals surface area contributed by atoms with Crippen molar-refractivity contribution in [3.05, 3.63) is 35.4 Å². The van der Waals surface area contributed by atoms with E-state index in [-0.39, 0.29) is 5.41 Å². The lowest BCUT2D eigenvalue weighted by atomic mass is 10.0. The van der Waals surface area contributed by atoms with Crippen molar-refractivity contribution in [1.82, 2.24) is 4.90 Å². The minimum absolute atomic E-state index is 0.378. The minimum Gasteiger partial charge on any atom is -0.292 e. The van der Waals surface area contributed by atoms with Crippen LogP contribution in [0, 0.1) is 28.9 Å². The molecule has 110 valence electrons. The molecular weight excluding hydrogens is 280 g/mol. The SMILES string of the molecule is CC1(C)C2C(=O)N(CC(=O)c3c(F)cccc3F)C(=O)C21. The molecule has 2 fully saturated rings. The van der Waals surface area contributed by atoms with E-state index in [0.29, 0.717) is 0 Å². The maximum atomic E-state index is 13.5. The lowest BCUT2D eigenvalue weighted by molar-refractivity contribution is -0.142. The van der Waals surface area contributed by atoms with Gasteiger partial charge < -0.3 is 0 Å². The van der Waals surface area contributed by atoms with Gasteiger partial charge in [0.1, 0.15) is 11.6 Å². The summed E-state index contributed by atoms with van der Waals surface area (Å²) in [7, 11) is 0. The van der Waals surface area contributed by atoms with Crippen LogP contribution in [0.2, 0.25) is 0 Å². The average molecular weight is 293 g/mol. The second-order valence-corrected chi connectivity index (χ2v) is 6.06. The zero-order chi connectivity index (χ0) is 15.5. The molecule has 0 spiro atoms. The van der Waals surface area contributed by atoms with Crippen molar-refractivity contribution < 1.29 is 23.2 Å². The van der Waals surface area contributed by atoms with Crippen LogP contribution >= 0.6 is 0 Å². The molecule has 21 heavy (non-hydrogen) atoms. The molecule has 2 unspecified atom stereocenters. The van der Waals surface area contributed by atoms with Crippen LogP contribution in [0.3, 0.4) is 0 Å². The summed E-state index contributed by atoms with van der Waals surface area (Å²) in [5.74, 6) is -4.59. The molecule has 0 bridgehead atoms. The number of amides is 2. The first-order chi connectivity index (χ1) is 9.76. The highest BCUT2D eigenvalue weighted by molar-refractivity contribution is 6.13. The first-order valence-corrected chi connectivity index (χ1v) is 6.59. The van der Waals surface area contributed by atoms with E-state index in [4.69, 9.17) is 0 Å². The van der Waals surface area contributed by atoms with Crippen LogP contribution in [0.15, 0.2) is 18.2 Å². The van der Waals surface area contributed by atoms with Crippen LogP contribution in [0.1, 0.15) is 24.2 Å². The predicted octanol–water partition coefficient (Wildman–Crippen LogP) is 1.79. The van der Waals surface area contributed by atoms with Gasteiger partial charge in [-0.1, -0.05) is 19.9 Å². The summed E-state index contributed by atoms with van der Waals surface area (Å²) in [6, 6.07) is 3.07. The summed E-state index contributed by atoms with van der Waals surface area (Å²) in [5.41, 5.74) is -1.09. The molecule has 0 N–H and O–H groups in total. The van der Waals surface area contributed by atoms with E-state index in [1.54, 1.807) is 0 Å². The molecule has 3 rings (SSSR count). The van der Waals surface area contributed by atoms with E-state index in [1.165, 1.54) is 0 Å². The van der Waals surface area contributed by atoms with E-state index in [9.17, 15) is 23.2 Å². The third kappa shape index (κ3) is 1.81. The monoisotopic (exact) mass is 293 g/mol. The van der Waals surface area contributed by atoms with Gasteiger partial charge in [-0.15, -0.1) is 0 Å². The van der Waals surface area contributed by atoms with Gasteiger partial charge in [-0.3, -0.25) is 19.3 Å². The third-order valence-corrected chi connectivity index (χ3v) is 4.43. The fourth-order valence-electron chi connectivity index (χ4n) is 3.15. The third-order valence-electron chi connectivity index (χ3n) is 4.43. The Labute approximate surface area is 119 Å². The summed E-state index contributed by atoms with van der Waals surface area (Å²) in [5, 5.41) is 0. The lowest BCUT2D eigenvalue weighted by Gasteiger charge is -2.19. The standard InChI is InChI=1S/C15H13F2NO3/c1-15(2)11-12(15)14(21)18(13(11)20)6-9(19)10-7(16)4-3-5-8(10)17/h3-5,11-12H,6H2,1-2H3. The van der Waals surface area contributed by atoms with Crippen molar-refractivity contribution in [2.75, 3.05) is 6.54 Å². The van der Waals surface area contributed by atoms with Crippen LogP contribution in [0.5, 0.6) is 0 Å². The molecule has 1 aromatic carbocycles. The summed E-state index contributed by atoms with van der Waals surface area (Å²) >= 11 is 0. The van der Waals surface area contributed by atoms with Gasteiger partial charge in [-0.25, -0.2) is 8.78 Å². The van der Waals surface area contributed by atoms with Gasteiger partial charge in [0.2, 0.25) is 11.8 Å². The van der Waals surface area contributed by atoms with Gasteiger partial charge in [0.25, 0.3) is 0 Å². The summed E-state index contributed by atoms with van der Waals surface area (Å²) in [4.78, 5) is 37.0. The fourth-order valence-corrected chi connectivity index (χ4v) is 3.15. The highest BCUT2D eigenvalue weighted by Crippen LogP contribution is 2.63. The predicted molar refractivity (Wildman–Crippen MR) is 68.2 cm³/mol. The van der Waals surface area contributed by atoms with Gasteiger partial charge in [-0.05, 0) is 17.5 Å². The van der Waals surface area contributed by atoms with E-state index < -0.39 is 53.2 Å². The molecule has 1 aromatic rings. The van der Waals surface area contributed by atoms with Crippen molar-refractivity contribution in [2.45, 2.75) is 13.8 Å². The molecule has 1 saturated carbocycles. The van der Waals surface area contributed by atoms with Gasteiger partial charge in [0.05, 0.1) is 23.9 Å². The maximum absolute atomic E-state index is 13.5. The number of ketones is 1. The summed E-state index contributed by atoms with van der Waals surface area (Å²) in [6.07, 6.45) is 0. The Morgan fingerprint density at radius 1 is 1.14 bits per heavy atom. The number of hydrogen-bond acceptors (Lipinski definition) is 3. The molecule has 1 aliphatic heterocycles. The molecular formula is C15H13F2NO3. The van der Waals surface area contributed by atoms with Crippen molar-refractivity contribution >= 4 is 17.6 Å². The minimum atomic E-state index is -0.996. The zero-order valence-electron chi connectivity index (χ0n) is 11.5. The van der Waals surface area contributed by atoms with Crippen LogP contribution in [-0.4, -0.2) is 29.0 Å². The highest BCUT2D eigenvalue weighted by Gasteiger charge is 2.72. The second-order valence-electron chi connectivity index (χ2n) is 6.06. The Hall–Kier alpha value is -2.11. The van der Waals surface area contributed by atoms with Gasteiger partial charge in [0, 0.05) is 0 Å². The zero-order valence-corrected chi connectivity index (χ0v) is 11.5. The number of likely N-dealkylation sites (tertiary alicyclic amines) is 1. The van der Waals surface area contributed by atoms with Gasteiger partial charge in [-0.2, -0.15) is 0 Å². The number of fused-ring (bicyclic) bond motifs is 1. The molecule has 1 aliphatic carbocycles. The summed E-state index contributed by atoms with van der Waals surface area (Å²) in [6.45, 7) is 3.01. The first kappa shape index (κ1) is 13.9. The number of hydrogen-bond donors (Lipinski definition) is 0. The lowest BCUT2D eigenvalue weighted by Crippen LogP contribution is -2.40. The van der Waals surface area contributed by atoms with E-state index >= 15 is 0 Å². The molecule has 2 amide bonds. The molecule has 2 atom stereocenters. The number of piperidine rings is 1. The number of halogens is 2. The topological polar surface area (TPSA) is 54.5 Å². The number of rotatable bonds is 3. The molecule has 4 nitrogen and oxygen atoms in total. The molecule has 1 heterocycles. The number of Topliss-reactive ketones (excluding diaryl/α,β-unsaturated/α-hetero) is 1. The molecule has 2 aliphatic rings. The van der Waals surface area contributed by atoms with Crippen LogP contribution in [-0.2, 0) is 9.59 Å². The smallest absolute Gasteiger partial charge is 0.234 e. The van der Waals surface area contributed by atoms with Crippen LogP contribution in [0.4, 0.5) is 8.78 Å². The Bertz CT molecular complexity index is 639. The van der Waals surface area contributed by atoms with Crippen molar-refractivity contribution in [1.29, 1.82) is 0 Å². The number of carbonyl (C=O) groups is 3. The Balaban J connectivity index is 1.81. The number of nitrogens with zero attached hydrogens (tertiary/aromatic N) is 1. The largest absolute Gasteiger partial charge is 0.292 e. The number of benzene rings is 1. The van der Waals surface area contributed by atoms with Crippen LogP contribution in [0.25, 0.3) is 0 Å². The Kier molecular flexibility index (Phi) is 2.77. The number of carbonyl (C=O) groups excluding carboxylic acids is 3. The van der Waals surface area contributed by atoms with E-state index in [1.807, 2.05) is 13.8 Å². The molecule has 1 saturated heterocycles. The van der Waals surface area contributed by atoms with Crippen molar-refractivity contribution in [3.8, 4) is 0 Å². The average Bonchev–Trinajstić information content (AvgIpc) is 2.86. The summed E-state index contributed by atoms with van der Waals surface area (Å²) < 4.78 is 27.1. The van der Waals surface area contributed by atoms with Crippen molar-refractivity contribution in [2.24, 2.45) is 17.3 Å². The molecule has 6 heteroatoms. The first-order valence-electron chi connectivity index (χ1n) is 6.59. The van der Waals surface area contributed by atoms with E-state index in [0.717, 1.165) is 23.1 Å². The number of imide groups is 1. The van der Waals surface area contributed by atoms with Crippen molar-refractivity contribution in [3.63, 3.8) is 0 Å². The van der Waals surface area contributed by atoms with Gasteiger partial charge >= 0.3 is 0 Å². The van der Waals surface area contributed by atoms with E-state index in [2.05, 4.69) is 0 Å². The normalized spacial score (nSPS) is 26.0. The highest BCUT2D eigenvalue weighted by atomic mass is 19.1. The van der Waals surface area contributed by atoms with Gasteiger partial charge in [0.15, 0.2) is 5.78 Å². The molecule has 0 aromatic heterocycles. The van der Waals surface area contributed by atoms with Crippen LogP contribution < -0.4 is 0 Å².